The van der Waals surface area contributed by atoms with Gasteiger partial charge in [-0.15, -0.1) is 12.4 Å². The number of halogens is 1. The highest BCUT2D eigenvalue weighted by Crippen LogP contribution is 2.30. The first kappa shape index (κ1) is 11.3. The number of hydrogen-bond donors (Lipinski definition) is 2. The zero-order valence-corrected chi connectivity index (χ0v) is 9.10. The number of aryl methyl sites for hydroxylation is 1. The standard InChI is InChI=1S/C11H15NO.ClH/c1-8-4-5-11(13)9(7-8)10-3-2-6-12-10;/h4-5,7,10,12-13H,2-3,6H2,1H3;1H/t10-;/m0./s1. The summed E-state index contributed by atoms with van der Waals surface area (Å²) in [6.45, 7) is 3.12. The molecule has 78 valence electrons. The smallest absolute Gasteiger partial charge is 0.120 e. The van der Waals surface area contributed by atoms with Crippen LogP contribution < -0.4 is 5.32 Å². The normalized spacial score (nSPS) is 20.5. The molecule has 1 atom stereocenters. The Bertz CT molecular complexity index is 308. The van der Waals surface area contributed by atoms with Crippen molar-refractivity contribution in [1.82, 2.24) is 5.32 Å². The van der Waals surface area contributed by atoms with Crippen LogP contribution in [0.5, 0.6) is 5.75 Å². The van der Waals surface area contributed by atoms with Crippen LogP contribution in [0.1, 0.15) is 30.0 Å². The number of phenolic OH excluding ortho intramolecular Hbond substituents is 1. The number of nitrogens with one attached hydrogen (secondary N) is 1. The fourth-order valence-electron chi connectivity index (χ4n) is 1.90. The van der Waals surface area contributed by atoms with Gasteiger partial charge in [0.1, 0.15) is 5.75 Å². The molecule has 3 heteroatoms. The molecule has 0 aliphatic carbocycles. The van der Waals surface area contributed by atoms with Gasteiger partial charge in [0.05, 0.1) is 0 Å². The van der Waals surface area contributed by atoms with Gasteiger partial charge in [0.15, 0.2) is 0 Å². The lowest BCUT2D eigenvalue weighted by Crippen LogP contribution is -2.12. The first-order valence-electron chi connectivity index (χ1n) is 4.80. The van der Waals surface area contributed by atoms with Crippen molar-refractivity contribution in [2.24, 2.45) is 0 Å². The molecular weight excluding hydrogens is 198 g/mol. The van der Waals surface area contributed by atoms with E-state index >= 15 is 0 Å². The van der Waals surface area contributed by atoms with Crippen LogP contribution in [0.25, 0.3) is 0 Å². The van der Waals surface area contributed by atoms with E-state index in [2.05, 4.69) is 18.3 Å². The molecule has 1 aliphatic heterocycles. The Morgan fingerprint density at radius 1 is 1.43 bits per heavy atom. The number of phenols is 1. The fraction of sp³-hybridized carbons (Fsp3) is 0.455. The molecular formula is C11H16ClNO. The summed E-state index contributed by atoms with van der Waals surface area (Å²) in [5.74, 6) is 0.421. The Hall–Kier alpha value is -0.730. The average molecular weight is 214 g/mol. The van der Waals surface area contributed by atoms with Crippen molar-refractivity contribution in [3.63, 3.8) is 0 Å². The predicted octanol–water partition coefficient (Wildman–Crippen LogP) is 2.55. The minimum Gasteiger partial charge on any atom is -0.508 e. The Kier molecular flexibility index (Phi) is 3.78. The van der Waals surface area contributed by atoms with Crippen LogP contribution >= 0.6 is 12.4 Å². The Morgan fingerprint density at radius 2 is 2.21 bits per heavy atom. The van der Waals surface area contributed by atoms with Crippen LogP contribution in [0.2, 0.25) is 0 Å². The van der Waals surface area contributed by atoms with Crippen LogP contribution in [-0.2, 0) is 0 Å². The Balaban J connectivity index is 0.000000980. The maximum Gasteiger partial charge on any atom is 0.120 e. The van der Waals surface area contributed by atoms with Crippen molar-refractivity contribution in [2.75, 3.05) is 6.54 Å². The minimum absolute atomic E-state index is 0. The van der Waals surface area contributed by atoms with Crippen molar-refractivity contribution < 1.29 is 5.11 Å². The van der Waals surface area contributed by atoms with Gasteiger partial charge in [-0.1, -0.05) is 17.7 Å². The van der Waals surface area contributed by atoms with Crippen molar-refractivity contribution in [3.8, 4) is 5.75 Å². The maximum absolute atomic E-state index is 9.66. The number of benzene rings is 1. The van der Waals surface area contributed by atoms with E-state index < -0.39 is 0 Å². The molecule has 1 fully saturated rings. The third-order valence-corrected chi connectivity index (χ3v) is 2.62. The third kappa shape index (κ3) is 2.20. The largest absolute Gasteiger partial charge is 0.508 e. The van der Waals surface area contributed by atoms with Gasteiger partial charge in [-0.2, -0.15) is 0 Å². The van der Waals surface area contributed by atoms with E-state index in [1.165, 1.54) is 12.0 Å². The van der Waals surface area contributed by atoms with Gasteiger partial charge < -0.3 is 10.4 Å². The van der Waals surface area contributed by atoms with E-state index in [-0.39, 0.29) is 12.4 Å². The molecule has 1 heterocycles. The molecule has 2 nitrogen and oxygen atoms in total. The molecule has 1 aromatic rings. The summed E-state index contributed by atoms with van der Waals surface area (Å²) in [5.41, 5.74) is 2.26. The van der Waals surface area contributed by atoms with Crippen molar-refractivity contribution in [2.45, 2.75) is 25.8 Å². The van der Waals surface area contributed by atoms with Crippen molar-refractivity contribution in [1.29, 1.82) is 0 Å². The number of rotatable bonds is 1. The highest BCUT2D eigenvalue weighted by atomic mass is 35.5. The fourth-order valence-corrected chi connectivity index (χ4v) is 1.90. The number of aromatic hydroxyl groups is 1. The summed E-state index contributed by atoms with van der Waals surface area (Å²) in [6.07, 6.45) is 2.34. The monoisotopic (exact) mass is 213 g/mol. The first-order valence-corrected chi connectivity index (χ1v) is 4.80. The second kappa shape index (κ2) is 4.67. The SMILES string of the molecule is Cc1ccc(O)c([C@@H]2CCCN2)c1.Cl. The van der Waals surface area contributed by atoms with Gasteiger partial charge in [-0.3, -0.25) is 0 Å². The van der Waals surface area contributed by atoms with E-state index in [4.69, 9.17) is 0 Å². The van der Waals surface area contributed by atoms with E-state index in [9.17, 15) is 5.11 Å². The highest BCUT2D eigenvalue weighted by Gasteiger charge is 2.18. The van der Waals surface area contributed by atoms with E-state index in [0.29, 0.717) is 11.8 Å². The molecule has 14 heavy (non-hydrogen) atoms. The topological polar surface area (TPSA) is 32.3 Å². The molecule has 0 aromatic heterocycles. The molecule has 0 bridgehead atoms. The highest BCUT2D eigenvalue weighted by molar-refractivity contribution is 5.85. The number of hydrogen-bond acceptors (Lipinski definition) is 2. The summed E-state index contributed by atoms with van der Waals surface area (Å²) in [4.78, 5) is 0. The molecule has 0 radical (unpaired) electrons. The second-order valence-electron chi connectivity index (χ2n) is 3.71. The van der Waals surface area contributed by atoms with Gasteiger partial charge in [0, 0.05) is 11.6 Å². The summed E-state index contributed by atoms with van der Waals surface area (Å²) in [5, 5.41) is 13.0. The van der Waals surface area contributed by atoms with Crippen molar-refractivity contribution >= 4 is 12.4 Å². The van der Waals surface area contributed by atoms with Crippen LogP contribution in [0.4, 0.5) is 0 Å². The Morgan fingerprint density at radius 3 is 2.86 bits per heavy atom. The van der Waals surface area contributed by atoms with Gasteiger partial charge in [0.2, 0.25) is 0 Å². The lowest BCUT2D eigenvalue weighted by Gasteiger charge is -2.12. The van der Waals surface area contributed by atoms with Crippen LogP contribution in [0.3, 0.4) is 0 Å². The zero-order chi connectivity index (χ0) is 9.26. The maximum atomic E-state index is 9.66. The predicted molar refractivity (Wildman–Crippen MR) is 60.1 cm³/mol. The lowest BCUT2D eigenvalue weighted by molar-refractivity contribution is 0.457. The second-order valence-corrected chi connectivity index (χ2v) is 3.71. The lowest BCUT2D eigenvalue weighted by atomic mass is 10.0. The van der Waals surface area contributed by atoms with Crippen LogP contribution in [0, 0.1) is 6.92 Å². The zero-order valence-electron chi connectivity index (χ0n) is 8.29. The molecule has 1 saturated heterocycles. The molecule has 2 N–H and O–H groups in total. The first-order chi connectivity index (χ1) is 6.27. The summed E-state index contributed by atoms with van der Waals surface area (Å²) in [6, 6.07) is 6.15. The summed E-state index contributed by atoms with van der Waals surface area (Å²) < 4.78 is 0. The van der Waals surface area contributed by atoms with Gasteiger partial charge >= 0.3 is 0 Å². The summed E-state index contributed by atoms with van der Waals surface area (Å²) >= 11 is 0. The third-order valence-electron chi connectivity index (χ3n) is 2.62. The van der Waals surface area contributed by atoms with Crippen LogP contribution in [-0.4, -0.2) is 11.7 Å². The molecule has 1 aromatic carbocycles. The molecule has 0 amide bonds. The van der Waals surface area contributed by atoms with E-state index in [1.807, 2.05) is 6.07 Å². The quantitative estimate of drug-likeness (QED) is 0.752. The van der Waals surface area contributed by atoms with E-state index in [0.717, 1.165) is 18.5 Å². The molecule has 0 unspecified atom stereocenters. The van der Waals surface area contributed by atoms with Gasteiger partial charge in [0.25, 0.3) is 0 Å². The van der Waals surface area contributed by atoms with Gasteiger partial charge in [-0.25, -0.2) is 0 Å². The summed E-state index contributed by atoms with van der Waals surface area (Å²) in [7, 11) is 0. The average Bonchev–Trinajstić information content (AvgIpc) is 2.61. The molecule has 1 aliphatic rings. The Labute approximate surface area is 90.7 Å². The molecule has 2 rings (SSSR count). The minimum atomic E-state index is 0. The van der Waals surface area contributed by atoms with Crippen molar-refractivity contribution in [3.05, 3.63) is 29.3 Å². The van der Waals surface area contributed by atoms with Gasteiger partial charge in [-0.05, 0) is 32.4 Å². The molecule has 0 saturated carbocycles. The van der Waals surface area contributed by atoms with Crippen LogP contribution in [0.15, 0.2) is 18.2 Å². The van der Waals surface area contributed by atoms with E-state index in [1.54, 1.807) is 6.07 Å². The molecule has 0 spiro atoms.